The number of ether oxygens (including phenoxy) is 3. The van der Waals surface area contributed by atoms with E-state index in [0.29, 0.717) is 29.2 Å². The highest BCUT2D eigenvalue weighted by molar-refractivity contribution is 5.89. The summed E-state index contributed by atoms with van der Waals surface area (Å²) in [6, 6.07) is 11.4. The van der Waals surface area contributed by atoms with Gasteiger partial charge >= 0.3 is 0 Å². The second-order valence-electron chi connectivity index (χ2n) is 6.56. The Balaban J connectivity index is 1.65. The monoisotopic (exact) mass is 399 g/mol. The molecular formula is C21H23N2O6. The van der Waals surface area contributed by atoms with Crippen LogP contribution in [-0.2, 0) is 21.1 Å². The number of benzene rings is 2. The first-order valence-corrected chi connectivity index (χ1v) is 9.17. The Morgan fingerprint density at radius 1 is 1.14 bits per heavy atom. The number of hydrogen-bond acceptors (Lipinski definition) is 5. The summed E-state index contributed by atoms with van der Waals surface area (Å²) in [5.74, 6) is 0.719. The van der Waals surface area contributed by atoms with Crippen LogP contribution in [-0.4, -0.2) is 45.3 Å². The molecule has 2 N–H and O–H groups in total. The van der Waals surface area contributed by atoms with Gasteiger partial charge < -0.3 is 24.8 Å². The van der Waals surface area contributed by atoms with E-state index in [1.807, 2.05) is 6.07 Å². The smallest absolute Gasteiger partial charge is 0.250 e. The van der Waals surface area contributed by atoms with E-state index < -0.39 is 24.5 Å². The lowest BCUT2D eigenvalue weighted by atomic mass is 10.1. The molecule has 2 atom stereocenters. The maximum atomic E-state index is 12.7. The lowest BCUT2D eigenvalue weighted by Gasteiger charge is -2.19. The van der Waals surface area contributed by atoms with E-state index in [0.717, 1.165) is 5.56 Å². The lowest BCUT2D eigenvalue weighted by molar-refractivity contribution is -0.131. The number of hydrogen-bond donors (Lipinski definition) is 2. The molecule has 0 aliphatic carbocycles. The third-order valence-electron chi connectivity index (χ3n) is 4.64. The van der Waals surface area contributed by atoms with Crippen molar-refractivity contribution in [3.05, 3.63) is 53.6 Å². The summed E-state index contributed by atoms with van der Waals surface area (Å²) in [5.41, 5.74) is 1.55. The van der Waals surface area contributed by atoms with Gasteiger partial charge in [0, 0.05) is 18.1 Å². The molecule has 2 amide bonds. The quantitative estimate of drug-likeness (QED) is 0.698. The Morgan fingerprint density at radius 2 is 1.83 bits per heavy atom. The van der Waals surface area contributed by atoms with Crippen LogP contribution in [0.15, 0.2) is 42.5 Å². The molecule has 1 unspecified atom stereocenters. The standard InChI is InChI=1S/C21H23N2O6/c1-27-17-9-14-8-15(29-16(14)10-18(17)28-2)11-22-21(26)20(23-19(25)12-24)13-6-4-3-5-7-13/h3-7,9-10,15,20H,8,11-12H2,1-2H3,(H,22,26)(H,23,25)/t15-,20?/m1/s1. The second kappa shape index (κ2) is 9.29. The van der Waals surface area contributed by atoms with Crippen LogP contribution in [0.5, 0.6) is 17.2 Å². The van der Waals surface area contributed by atoms with Gasteiger partial charge in [-0.2, -0.15) is 0 Å². The SMILES string of the molecule is COc1cc2c(cc1OC)O[C@@H](CNC(=O)C(NC(=O)C[O])c1ccccc1)C2. The molecule has 8 heteroatoms. The van der Waals surface area contributed by atoms with Crippen molar-refractivity contribution < 1.29 is 28.9 Å². The van der Waals surface area contributed by atoms with Crippen LogP contribution in [0, 0.1) is 0 Å². The molecule has 0 saturated heterocycles. The number of fused-ring (bicyclic) bond motifs is 1. The Labute approximate surface area is 168 Å². The minimum atomic E-state index is -0.943. The fourth-order valence-corrected chi connectivity index (χ4v) is 3.22. The zero-order valence-electron chi connectivity index (χ0n) is 16.3. The predicted octanol–water partition coefficient (Wildman–Crippen LogP) is 1.41. The fourth-order valence-electron chi connectivity index (χ4n) is 3.22. The zero-order valence-corrected chi connectivity index (χ0v) is 16.3. The second-order valence-corrected chi connectivity index (χ2v) is 6.56. The Kier molecular flexibility index (Phi) is 6.56. The minimum absolute atomic E-state index is 0.245. The molecule has 153 valence electrons. The Morgan fingerprint density at radius 3 is 2.48 bits per heavy atom. The predicted molar refractivity (Wildman–Crippen MR) is 104 cm³/mol. The first-order valence-electron chi connectivity index (χ1n) is 9.17. The average molecular weight is 399 g/mol. The number of rotatable bonds is 8. The summed E-state index contributed by atoms with van der Waals surface area (Å²) in [7, 11) is 3.12. The van der Waals surface area contributed by atoms with E-state index in [-0.39, 0.29) is 12.6 Å². The molecule has 1 aliphatic heterocycles. The molecular weight excluding hydrogens is 376 g/mol. The summed E-state index contributed by atoms with van der Waals surface area (Å²) in [6.07, 6.45) is 0.330. The van der Waals surface area contributed by atoms with Crippen molar-refractivity contribution in [2.75, 3.05) is 27.4 Å². The molecule has 1 radical (unpaired) electrons. The van der Waals surface area contributed by atoms with Crippen molar-refractivity contribution in [2.24, 2.45) is 0 Å². The van der Waals surface area contributed by atoms with Crippen LogP contribution < -0.4 is 24.8 Å². The Bertz CT molecular complexity index is 838. The number of methoxy groups -OCH3 is 2. The number of carbonyl (C=O) groups excluding carboxylic acids is 2. The normalized spacial score (nSPS) is 15.6. The average Bonchev–Trinajstić information content (AvgIpc) is 3.16. The van der Waals surface area contributed by atoms with Crippen molar-refractivity contribution >= 4 is 11.8 Å². The van der Waals surface area contributed by atoms with E-state index in [2.05, 4.69) is 10.6 Å². The largest absolute Gasteiger partial charge is 0.493 e. The summed E-state index contributed by atoms with van der Waals surface area (Å²) >= 11 is 0. The van der Waals surface area contributed by atoms with E-state index >= 15 is 0 Å². The Hall–Kier alpha value is -3.26. The van der Waals surface area contributed by atoms with Crippen LogP contribution >= 0.6 is 0 Å². The van der Waals surface area contributed by atoms with Gasteiger partial charge in [-0.3, -0.25) is 9.59 Å². The maximum absolute atomic E-state index is 12.7. The summed E-state index contributed by atoms with van der Waals surface area (Å²) in [6.45, 7) is -0.698. The maximum Gasteiger partial charge on any atom is 0.250 e. The molecule has 2 aromatic rings. The van der Waals surface area contributed by atoms with Crippen molar-refractivity contribution in [1.82, 2.24) is 10.6 Å². The molecule has 29 heavy (non-hydrogen) atoms. The van der Waals surface area contributed by atoms with Crippen LogP contribution in [0.1, 0.15) is 17.2 Å². The molecule has 8 nitrogen and oxygen atoms in total. The highest BCUT2D eigenvalue weighted by Crippen LogP contribution is 2.38. The topological polar surface area (TPSA) is 106 Å². The van der Waals surface area contributed by atoms with Gasteiger partial charge in [-0.1, -0.05) is 30.3 Å². The van der Waals surface area contributed by atoms with Gasteiger partial charge in [-0.15, -0.1) is 0 Å². The first kappa shape index (κ1) is 20.5. The highest BCUT2D eigenvalue weighted by Gasteiger charge is 2.28. The third kappa shape index (κ3) is 4.78. The van der Waals surface area contributed by atoms with E-state index in [1.54, 1.807) is 50.6 Å². The third-order valence-corrected chi connectivity index (χ3v) is 4.64. The number of nitrogens with one attached hydrogen (secondary N) is 2. The van der Waals surface area contributed by atoms with Gasteiger partial charge in [0.15, 0.2) is 18.1 Å². The van der Waals surface area contributed by atoms with Crippen molar-refractivity contribution in [3.63, 3.8) is 0 Å². The van der Waals surface area contributed by atoms with E-state index in [1.165, 1.54) is 0 Å². The fraction of sp³-hybridized carbons (Fsp3) is 0.333. The van der Waals surface area contributed by atoms with Gasteiger partial charge in [0.25, 0.3) is 0 Å². The molecule has 1 aliphatic rings. The molecule has 0 aromatic heterocycles. The van der Waals surface area contributed by atoms with Crippen LogP contribution in [0.2, 0.25) is 0 Å². The molecule has 2 aromatic carbocycles. The molecule has 0 fully saturated rings. The van der Waals surface area contributed by atoms with Gasteiger partial charge in [0.05, 0.1) is 20.8 Å². The lowest BCUT2D eigenvalue weighted by Crippen LogP contribution is -2.44. The molecule has 1 heterocycles. The molecule has 3 rings (SSSR count). The summed E-state index contributed by atoms with van der Waals surface area (Å²) in [4.78, 5) is 24.3. The van der Waals surface area contributed by atoms with Gasteiger partial charge in [0.1, 0.15) is 17.9 Å². The van der Waals surface area contributed by atoms with Gasteiger partial charge in [-0.05, 0) is 11.6 Å². The number of carbonyl (C=O) groups is 2. The molecule has 0 spiro atoms. The zero-order chi connectivity index (χ0) is 20.8. The van der Waals surface area contributed by atoms with Crippen LogP contribution in [0.25, 0.3) is 0 Å². The minimum Gasteiger partial charge on any atom is -0.493 e. The van der Waals surface area contributed by atoms with Crippen molar-refractivity contribution in [3.8, 4) is 17.2 Å². The highest BCUT2D eigenvalue weighted by atomic mass is 16.5. The number of amides is 2. The van der Waals surface area contributed by atoms with Gasteiger partial charge in [0.2, 0.25) is 11.8 Å². The molecule has 0 bridgehead atoms. The summed E-state index contributed by atoms with van der Waals surface area (Å²) in [5, 5.41) is 16.1. The van der Waals surface area contributed by atoms with Crippen LogP contribution in [0.4, 0.5) is 0 Å². The van der Waals surface area contributed by atoms with Gasteiger partial charge in [-0.25, -0.2) is 5.11 Å². The van der Waals surface area contributed by atoms with Crippen molar-refractivity contribution in [1.29, 1.82) is 0 Å². The van der Waals surface area contributed by atoms with Crippen LogP contribution in [0.3, 0.4) is 0 Å². The molecule has 0 saturated carbocycles. The van der Waals surface area contributed by atoms with E-state index in [4.69, 9.17) is 14.2 Å². The first-order chi connectivity index (χ1) is 14.0. The van der Waals surface area contributed by atoms with E-state index in [9.17, 15) is 14.7 Å². The summed E-state index contributed by atoms with van der Waals surface area (Å²) < 4.78 is 16.5. The van der Waals surface area contributed by atoms with Crippen molar-refractivity contribution in [2.45, 2.75) is 18.6 Å².